The monoisotopic (exact) mass is 212 g/mol. The Balaban J connectivity index is 2.44. The van der Waals surface area contributed by atoms with Gasteiger partial charge in [-0.1, -0.05) is 23.8 Å². The number of nitrogens with zero attached hydrogens (tertiary/aromatic N) is 1. The van der Waals surface area contributed by atoms with Crippen molar-refractivity contribution in [3.05, 3.63) is 59.4 Å². The van der Waals surface area contributed by atoms with Crippen molar-refractivity contribution < 1.29 is 4.79 Å². The molecule has 0 radical (unpaired) electrons. The number of benzene rings is 1. The van der Waals surface area contributed by atoms with Gasteiger partial charge in [-0.25, -0.2) is 0 Å². The molecule has 0 saturated heterocycles. The number of aryl methyl sites for hydroxylation is 1. The molecule has 0 unspecified atom stereocenters. The second-order valence-electron chi connectivity index (χ2n) is 3.66. The lowest BCUT2D eigenvalue weighted by Gasteiger charge is -2.04. The van der Waals surface area contributed by atoms with Crippen LogP contribution in [0.1, 0.15) is 21.5 Å². The largest absolute Gasteiger partial charge is 0.398 e. The molecule has 0 aliphatic rings. The quantitative estimate of drug-likeness (QED) is 0.776. The van der Waals surface area contributed by atoms with Crippen LogP contribution >= 0.6 is 0 Å². The summed E-state index contributed by atoms with van der Waals surface area (Å²) >= 11 is 0. The number of carbonyl (C=O) groups excluding carboxylic acids is 1. The predicted molar refractivity (Wildman–Crippen MR) is 63.3 cm³/mol. The van der Waals surface area contributed by atoms with Crippen molar-refractivity contribution in [2.45, 2.75) is 6.92 Å². The zero-order valence-electron chi connectivity index (χ0n) is 8.97. The maximum atomic E-state index is 12.1. The Kier molecular flexibility index (Phi) is 2.68. The number of anilines is 1. The Morgan fingerprint density at radius 1 is 1.31 bits per heavy atom. The van der Waals surface area contributed by atoms with E-state index in [0.717, 1.165) is 5.56 Å². The van der Waals surface area contributed by atoms with Gasteiger partial charge in [0.25, 0.3) is 0 Å². The normalized spacial score (nSPS) is 10.1. The molecule has 2 aromatic rings. The number of hydrogen-bond acceptors (Lipinski definition) is 3. The van der Waals surface area contributed by atoms with Crippen molar-refractivity contribution in [2.24, 2.45) is 0 Å². The highest BCUT2D eigenvalue weighted by molar-refractivity contribution is 6.11. The van der Waals surface area contributed by atoms with Crippen molar-refractivity contribution in [3.8, 4) is 0 Å². The molecule has 1 aromatic carbocycles. The minimum Gasteiger partial charge on any atom is -0.398 e. The molecular weight excluding hydrogens is 200 g/mol. The van der Waals surface area contributed by atoms with Crippen LogP contribution in [0.25, 0.3) is 0 Å². The van der Waals surface area contributed by atoms with E-state index in [-0.39, 0.29) is 5.78 Å². The van der Waals surface area contributed by atoms with Crippen LogP contribution in [-0.2, 0) is 0 Å². The summed E-state index contributed by atoms with van der Waals surface area (Å²) in [6, 6.07) is 9.05. The van der Waals surface area contributed by atoms with Crippen molar-refractivity contribution in [1.29, 1.82) is 0 Å². The number of pyridine rings is 1. The Bertz CT molecular complexity index is 535. The van der Waals surface area contributed by atoms with E-state index in [1.807, 2.05) is 25.1 Å². The first-order chi connectivity index (χ1) is 7.68. The summed E-state index contributed by atoms with van der Waals surface area (Å²) in [5, 5.41) is 0. The van der Waals surface area contributed by atoms with Gasteiger partial charge in [-0.3, -0.25) is 9.78 Å². The summed E-state index contributed by atoms with van der Waals surface area (Å²) in [5.74, 6) is -0.0886. The second-order valence-corrected chi connectivity index (χ2v) is 3.66. The van der Waals surface area contributed by atoms with Gasteiger partial charge in [0.05, 0.1) is 5.56 Å². The van der Waals surface area contributed by atoms with E-state index < -0.39 is 0 Å². The molecule has 0 spiro atoms. The maximum Gasteiger partial charge on any atom is 0.196 e. The molecule has 80 valence electrons. The third-order valence-corrected chi connectivity index (χ3v) is 2.38. The molecule has 0 bridgehead atoms. The number of nitrogen functional groups attached to an aromatic ring is 1. The van der Waals surface area contributed by atoms with Crippen LogP contribution in [0.15, 0.2) is 42.7 Å². The van der Waals surface area contributed by atoms with E-state index in [2.05, 4.69) is 4.98 Å². The highest BCUT2D eigenvalue weighted by Crippen LogP contribution is 2.15. The van der Waals surface area contributed by atoms with E-state index in [9.17, 15) is 4.79 Å². The molecule has 0 aliphatic heterocycles. The molecule has 2 N–H and O–H groups in total. The van der Waals surface area contributed by atoms with E-state index in [4.69, 9.17) is 5.73 Å². The lowest BCUT2D eigenvalue weighted by molar-refractivity contribution is 0.103. The summed E-state index contributed by atoms with van der Waals surface area (Å²) in [6.07, 6.45) is 3.07. The number of rotatable bonds is 2. The van der Waals surface area contributed by atoms with Crippen molar-refractivity contribution >= 4 is 11.5 Å². The van der Waals surface area contributed by atoms with E-state index >= 15 is 0 Å². The Morgan fingerprint density at radius 3 is 2.81 bits per heavy atom. The average Bonchev–Trinajstić information content (AvgIpc) is 2.29. The molecule has 3 heteroatoms. The molecule has 16 heavy (non-hydrogen) atoms. The molecule has 0 aliphatic carbocycles. The molecule has 0 atom stereocenters. The smallest absolute Gasteiger partial charge is 0.196 e. The highest BCUT2D eigenvalue weighted by Gasteiger charge is 2.11. The molecule has 2 rings (SSSR count). The van der Waals surface area contributed by atoms with Gasteiger partial charge in [-0.05, 0) is 19.1 Å². The van der Waals surface area contributed by atoms with Crippen molar-refractivity contribution in [1.82, 2.24) is 4.98 Å². The fourth-order valence-electron chi connectivity index (χ4n) is 1.54. The van der Waals surface area contributed by atoms with Gasteiger partial charge in [0, 0.05) is 23.6 Å². The molecular formula is C13H12N2O. The zero-order valence-corrected chi connectivity index (χ0v) is 8.97. The van der Waals surface area contributed by atoms with Crippen LogP contribution in [0.2, 0.25) is 0 Å². The van der Waals surface area contributed by atoms with Crippen LogP contribution in [0.5, 0.6) is 0 Å². The minimum absolute atomic E-state index is 0.0886. The fourth-order valence-corrected chi connectivity index (χ4v) is 1.54. The van der Waals surface area contributed by atoms with E-state index in [1.165, 1.54) is 6.20 Å². The summed E-state index contributed by atoms with van der Waals surface area (Å²) < 4.78 is 0. The number of aromatic nitrogens is 1. The van der Waals surface area contributed by atoms with Crippen molar-refractivity contribution in [3.63, 3.8) is 0 Å². The summed E-state index contributed by atoms with van der Waals surface area (Å²) in [7, 11) is 0. The van der Waals surface area contributed by atoms with Crippen LogP contribution in [0.4, 0.5) is 5.69 Å². The standard InChI is InChI=1S/C13H12N2O/c1-9-3-2-4-10(7-9)13(16)11-8-15-6-5-12(11)14/h2-8H,1H3,(H2,14,15). The molecule has 0 fully saturated rings. The first-order valence-electron chi connectivity index (χ1n) is 4.99. The first kappa shape index (κ1) is 10.4. The summed E-state index contributed by atoms with van der Waals surface area (Å²) in [4.78, 5) is 16.0. The third-order valence-electron chi connectivity index (χ3n) is 2.38. The van der Waals surface area contributed by atoms with Gasteiger partial charge >= 0.3 is 0 Å². The van der Waals surface area contributed by atoms with Crippen LogP contribution < -0.4 is 5.73 Å². The summed E-state index contributed by atoms with van der Waals surface area (Å²) in [6.45, 7) is 1.95. The lowest BCUT2D eigenvalue weighted by Crippen LogP contribution is -2.05. The molecule has 1 heterocycles. The Labute approximate surface area is 93.9 Å². The van der Waals surface area contributed by atoms with Gasteiger partial charge in [0.15, 0.2) is 5.78 Å². The van der Waals surface area contributed by atoms with Crippen molar-refractivity contribution in [2.75, 3.05) is 5.73 Å². The van der Waals surface area contributed by atoms with Crippen LogP contribution in [0.3, 0.4) is 0 Å². The molecule has 3 nitrogen and oxygen atoms in total. The molecule has 0 saturated carbocycles. The summed E-state index contributed by atoms with van der Waals surface area (Å²) in [5.41, 5.74) is 8.34. The Hall–Kier alpha value is -2.16. The fraction of sp³-hybridized carbons (Fsp3) is 0.0769. The van der Waals surface area contributed by atoms with Crippen LogP contribution in [-0.4, -0.2) is 10.8 Å². The van der Waals surface area contributed by atoms with Gasteiger partial charge in [-0.2, -0.15) is 0 Å². The number of hydrogen-bond donors (Lipinski definition) is 1. The van der Waals surface area contributed by atoms with Gasteiger partial charge in [0.2, 0.25) is 0 Å². The first-order valence-corrected chi connectivity index (χ1v) is 4.99. The zero-order chi connectivity index (χ0) is 11.5. The predicted octanol–water partition coefficient (Wildman–Crippen LogP) is 2.20. The highest BCUT2D eigenvalue weighted by atomic mass is 16.1. The van der Waals surface area contributed by atoms with E-state index in [0.29, 0.717) is 16.8 Å². The number of ketones is 1. The Morgan fingerprint density at radius 2 is 2.12 bits per heavy atom. The second kappa shape index (κ2) is 4.14. The SMILES string of the molecule is Cc1cccc(C(=O)c2cnccc2N)c1. The van der Waals surface area contributed by atoms with Gasteiger partial charge < -0.3 is 5.73 Å². The average molecular weight is 212 g/mol. The third kappa shape index (κ3) is 1.93. The van der Waals surface area contributed by atoms with E-state index in [1.54, 1.807) is 18.3 Å². The number of nitrogens with two attached hydrogens (primary N) is 1. The van der Waals surface area contributed by atoms with Gasteiger partial charge in [-0.15, -0.1) is 0 Å². The lowest BCUT2D eigenvalue weighted by atomic mass is 10.0. The number of carbonyl (C=O) groups is 1. The van der Waals surface area contributed by atoms with Crippen LogP contribution in [0, 0.1) is 6.92 Å². The topological polar surface area (TPSA) is 56.0 Å². The molecule has 1 aromatic heterocycles. The maximum absolute atomic E-state index is 12.1. The van der Waals surface area contributed by atoms with Gasteiger partial charge in [0.1, 0.15) is 0 Å². The minimum atomic E-state index is -0.0886. The molecule has 0 amide bonds.